The fourth-order valence-electron chi connectivity index (χ4n) is 0.983. The van der Waals surface area contributed by atoms with Crippen molar-refractivity contribution in [3.63, 3.8) is 0 Å². The van der Waals surface area contributed by atoms with Gasteiger partial charge in [-0.25, -0.2) is 9.97 Å². The first-order valence-corrected chi connectivity index (χ1v) is 3.45. The van der Waals surface area contributed by atoms with Crippen molar-refractivity contribution in [3.05, 3.63) is 18.7 Å². The lowest BCUT2D eigenvalue weighted by Gasteiger charge is -2.00. The highest BCUT2D eigenvalue weighted by Crippen LogP contribution is 1.97. The maximum atomic E-state index is 5.24. The summed E-state index contributed by atoms with van der Waals surface area (Å²) in [6, 6.07) is 0. The van der Waals surface area contributed by atoms with Gasteiger partial charge in [-0.15, -0.1) is 0 Å². The molecule has 0 bridgehead atoms. The Hall–Kier alpha value is -0.935. The van der Waals surface area contributed by atoms with Crippen molar-refractivity contribution in [2.75, 3.05) is 13.2 Å². The SMILES string of the molecule is c1ncc(B2OCCO2)cn1. The van der Waals surface area contributed by atoms with Crippen LogP contribution in [0, 0.1) is 0 Å². The monoisotopic (exact) mass is 150 g/mol. The average Bonchev–Trinajstić information content (AvgIpc) is 2.58. The second-order valence-corrected chi connectivity index (χ2v) is 2.25. The van der Waals surface area contributed by atoms with Gasteiger partial charge in [-0.3, -0.25) is 0 Å². The molecule has 0 aliphatic carbocycles. The molecule has 2 heterocycles. The van der Waals surface area contributed by atoms with Crippen LogP contribution >= 0.6 is 0 Å². The lowest BCUT2D eigenvalue weighted by Crippen LogP contribution is -2.32. The normalized spacial score (nSPS) is 17.3. The highest BCUT2D eigenvalue weighted by molar-refractivity contribution is 6.61. The fourth-order valence-corrected chi connectivity index (χ4v) is 0.983. The molecule has 56 valence electrons. The van der Waals surface area contributed by atoms with Crippen molar-refractivity contribution < 1.29 is 9.31 Å². The molecular weight excluding hydrogens is 143 g/mol. The minimum atomic E-state index is -0.254. The van der Waals surface area contributed by atoms with Gasteiger partial charge in [0, 0.05) is 17.9 Å². The van der Waals surface area contributed by atoms with Crippen LogP contribution in [0.4, 0.5) is 0 Å². The van der Waals surface area contributed by atoms with Crippen molar-refractivity contribution in [1.29, 1.82) is 0 Å². The summed E-state index contributed by atoms with van der Waals surface area (Å²) in [7, 11) is -0.254. The smallest absolute Gasteiger partial charge is 0.405 e. The molecule has 11 heavy (non-hydrogen) atoms. The quantitative estimate of drug-likeness (QED) is 0.492. The molecule has 1 aliphatic heterocycles. The van der Waals surface area contributed by atoms with E-state index < -0.39 is 0 Å². The molecule has 1 saturated heterocycles. The maximum absolute atomic E-state index is 5.24. The number of rotatable bonds is 1. The Bertz CT molecular complexity index is 225. The molecular formula is C6H7BN2O2. The van der Waals surface area contributed by atoms with Crippen LogP contribution in [0.25, 0.3) is 0 Å². The van der Waals surface area contributed by atoms with Crippen LogP contribution in [-0.2, 0) is 9.31 Å². The summed E-state index contributed by atoms with van der Waals surface area (Å²) in [5, 5.41) is 0. The first-order valence-electron chi connectivity index (χ1n) is 3.45. The minimum Gasteiger partial charge on any atom is -0.405 e. The predicted octanol–water partition coefficient (Wildman–Crippen LogP) is -0.781. The molecule has 0 N–H and O–H groups in total. The highest BCUT2D eigenvalue weighted by Gasteiger charge is 2.26. The van der Waals surface area contributed by atoms with Gasteiger partial charge in [-0.05, 0) is 0 Å². The third-order valence-electron chi connectivity index (χ3n) is 1.47. The second-order valence-electron chi connectivity index (χ2n) is 2.25. The van der Waals surface area contributed by atoms with E-state index >= 15 is 0 Å². The third kappa shape index (κ3) is 1.39. The lowest BCUT2D eigenvalue weighted by atomic mass is 9.82. The van der Waals surface area contributed by atoms with Crippen molar-refractivity contribution in [1.82, 2.24) is 9.97 Å². The molecule has 4 nitrogen and oxygen atoms in total. The zero-order valence-electron chi connectivity index (χ0n) is 5.93. The van der Waals surface area contributed by atoms with Crippen molar-refractivity contribution in [2.45, 2.75) is 0 Å². The zero-order valence-corrected chi connectivity index (χ0v) is 5.93. The van der Waals surface area contributed by atoms with Gasteiger partial charge in [0.1, 0.15) is 6.33 Å². The van der Waals surface area contributed by atoms with Crippen LogP contribution in [0.15, 0.2) is 18.7 Å². The van der Waals surface area contributed by atoms with E-state index in [4.69, 9.17) is 9.31 Å². The van der Waals surface area contributed by atoms with Gasteiger partial charge in [-0.1, -0.05) is 0 Å². The van der Waals surface area contributed by atoms with Gasteiger partial charge >= 0.3 is 7.12 Å². The largest absolute Gasteiger partial charge is 0.497 e. The van der Waals surface area contributed by atoms with Gasteiger partial charge in [0.2, 0.25) is 0 Å². The first-order chi connectivity index (χ1) is 5.47. The molecule has 1 aromatic heterocycles. The van der Waals surface area contributed by atoms with Crippen LogP contribution in [0.5, 0.6) is 0 Å². The molecule has 1 aliphatic rings. The molecule has 0 aromatic carbocycles. The molecule has 2 rings (SSSR count). The summed E-state index contributed by atoms with van der Waals surface area (Å²) in [5.74, 6) is 0. The summed E-state index contributed by atoms with van der Waals surface area (Å²) in [5.41, 5.74) is 0.880. The number of hydrogen-bond acceptors (Lipinski definition) is 4. The standard InChI is InChI=1S/C6H7BN2O2/c1-2-11-7(10-1)6-3-8-5-9-4-6/h3-5H,1-2H2. The van der Waals surface area contributed by atoms with E-state index in [0.717, 1.165) is 5.46 Å². The van der Waals surface area contributed by atoms with E-state index in [1.54, 1.807) is 12.4 Å². The average molecular weight is 150 g/mol. The first kappa shape index (κ1) is 6.76. The topological polar surface area (TPSA) is 44.2 Å². The van der Waals surface area contributed by atoms with E-state index in [1.165, 1.54) is 6.33 Å². The Morgan fingerprint density at radius 2 is 1.82 bits per heavy atom. The van der Waals surface area contributed by atoms with Crippen molar-refractivity contribution >= 4 is 12.6 Å². The van der Waals surface area contributed by atoms with E-state index in [1.807, 2.05) is 0 Å². The molecule has 0 atom stereocenters. The third-order valence-corrected chi connectivity index (χ3v) is 1.47. The van der Waals surface area contributed by atoms with E-state index in [-0.39, 0.29) is 7.12 Å². The van der Waals surface area contributed by atoms with Crippen LogP contribution in [0.3, 0.4) is 0 Å². The maximum Gasteiger partial charge on any atom is 0.497 e. The Balaban J connectivity index is 2.16. The molecule has 0 saturated carbocycles. The zero-order chi connectivity index (χ0) is 7.52. The Morgan fingerprint density at radius 1 is 1.18 bits per heavy atom. The highest BCUT2D eigenvalue weighted by atomic mass is 16.6. The summed E-state index contributed by atoms with van der Waals surface area (Å²) in [4.78, 5) is 7.72. The second kappa shape index (κ2) is 2.98. The molecule has 0 unspecified atom stereocenters. The van der Waals surface area contributed by atoms with E-state index in [9.17, 15) is 0 Å². The van der Waals surface area contributed by atoms with Gasteiger partial charge in [-0.2, -0.15) is 0 Å². The molecule has 1 aromatic rings. The number of hydrogen-bond donors (Lipinski definition) is 0. The summed E-state index contributed by atoms with van der Waals surface area (Å²) in [6.07, 6.45) is 4.88. The molecule has 0 radical (unpaired) electrons. The molecule has 0 amide bonds. The van der Waals surface area contributed by atoms with Gasteiger partial charge in [0.25, 0.3) is 0 Å². The van der Waals surface area contributed by atoms with Crippen molar-refractivity contribution in [2.24, 2.45) is 0 Å². The van der Waals surface area contributed by atoms with Gasteiger partial charge in [0.05, 0.1) is 13.2 Å². The van der Waals surface area contributed by atoms with Gasteiger partial charge in [0.15, 0.2) is 0 Å². The van der Waals surface area contributed by atoms with Crippen LogP contribution in [0.2, 0.25) is 0 Å². The molecule has 5 heteroatoms. The predicted molar refractivity (Wildman–Crippen MR) is 39.3 cm³/mol. The molecule has 0 spiro atoms. The number of aromatic nitrogens is 2. The summed E-state index contributed by atoms with van der Waals surface area (Å²) >= 11 is 0. The van der Waals surface area contributed by atoms with Crippen LogP contribution < -0.4 is 5.46 Å². The van der Waals surface area contributed by atoms with Gasteiger partial charge < -0.3 is 9.31 Å². The lowest BCUT2D eigenvalue weighted by molar-refractivity contribution is 0.365. The number of nitrogens with zero attached hydrogens (tertiary/aromatic N) is 2. The Kier molecular flexibility index (Phi) is 1.83. The van der Waals surface area contributed by atoms with Crippen molar-refractivity contribution in [3.8, 4) is 0 Å². The Labute approximate surface area is 64.7 Å². The summed E-state index contributed by atoms with van der Waals surface area (Å²) in [6.45, 7) is 1.30. The minimum absolute atomic E-state index is 0.254. The fraction of sp³-hybridized carbons (Fsp3) is 0.333. The Morgan fingerprint density at radius 3 is 2.45 bits per heavy atom. The molecule has 1 fully saturated rings. The van der Waals surface area contributed by atoms with Crippen LogP contribution in [-0.4, -0.2) is 30.3 Å². The van der Waals surface area contributed by atoms with Crippen LogP contribution in [0.1, 0.15) is 0 Å². The van der Waals surface area contributed by atoms with E-state index in [2.05, 4.69) is 9.97 Å². The summed E-state index contributed by atoms with van der Waals surface area (Å²) < 4.78 is 10.5. The van der Waals surface area contributed by atoms with E-state index in [0.29, 0.717) is 13.2 Å².